The number of rotatable bonds is 6. The van der Waals surface area contributed by atoms with Gasteiger partial charge >= 0.3 is 5.97 Å². The highest BCUT2D eigenvalue weighted by Crippen LogP contribution is 2.08. The predicted octanol–water partition coefficient (Wildman–Crippen LogP) is 1.71. The van der Waals surface area contributed by atoms with E-state index in [-0.39, 0.29) is 25.3 Å². The molecule has 0 aromatic heterocycles. The Morgan fingerprint density at radius 3 is 2.29 bits per heavy atom. The highest BCUT2D eigenvalue weighted by atomic mass is 79.9. The van der Waals surface area contributed by atoms with E-state index in [0.717, 1.165) is 16.5 Å². The van der Waals surface area contributed by atoms with Crippen LogP contribution in [-0.2, 0) is 21.3 Å². The lowest BCUT2D eigenvalue weighted by Crippen LogP contribution is -2.27. The second kappa shape index (κ2) is 7.06. The first kappa shape index (κ1) is 13.7. The van der Waals surface area contributed by atoms with Crippen LogP contribution in [0.25, 0.3) is 0 Å². The van der Waals surface area contributed by atoms with Crippen molar-refractivity contribution < 1.29 is 14.7 Å². The van der Waals surface area contributed by atoms with E-state index in [1.807, 2.05) is 24.3 Å². The molecular formula is C12H14BrNO3. The maximum absolute atomic E-state index is 11.4. The van der Waals surface area contributed by atoms with Crippen LogP contribution in [0.2, 0.25) is 0 Å². The van der Waals surface area contributed by atoms with Gasteiger partial charge in [-0.25, -0.2) is 0 Å². The zero-order valence-electron chi connectivity index (χ0n) is 9.28. The van der Waals surface area contributed by atoms with Crippen LogP contribution in [0.15, 0.2) is 24.3 Å². The molecule has 0 spiro atoms. The van der Waals surface area contributed by atoms with Crippen LogP contribution in [0.4, 0.5) is 0 Å². The van der Waals surface area contributed by atoms with Gasteiger partial charge in [0, 0.05) is 11.9 Å². The normalized spacial score (nSPS) is 9.94. The zero-order valence-corrected chi connectivity index (χ0v) is 10.9. The molecule has 0 radical (unpaired) electrons. The molecule has 92 valence electrons. The van der Waals surface area contributed by atoms with Crippen molar-refractivity contribution in [3.05, 3.63) is 35.4 Å². The number of nitrogens with one attached hydrogen (secondary N) is 1. The standard InChI is InChI=1S/C12H14BrNO3/c13-8-10-3-1-9(2-4-10)7-11(15)14-6-5-12(16)17/h1-4H,5-8H2,(H,14,15)(H,16,17). The second-order valence-electron chi connectivity index (χ2n) is 3.62. The average molecular weight is 300 g/mol. The minimum Gasteiger partial charge on any atom is -0.481 e. The summed E-state index contributed by atoms with van der Waals surface area (Å²) in [4.78, 5) is 21.7. The van der Waals surface area contributed by atoms with Crippen molar-refractivity contribution in [3.8, 4) is 0 Å². The molecule has 5 heteroatoms. The summed E-state index contributed by atoms with van der Waals surface area (Å²) in [5.74, 6) is -1.06. The fourth-order valence-electron chi connectivity index (χ4n) is 1.30. The Kier molecular flexibility index (Phi) is 5.69. The number of carbonyl (C=O) groups is 2. The number of aliphatic carboxylic acids is 1. The number of hydrogen-bond acceptors (Lipinski definition) is 2. The topological polar surface area (TPSA) is 66.4 Å². The summed E-state index contributed by atoms with van der Waals surface area (Å²) in [6.45, 7) is 0.174. The fourth-order valence-corrected chi connectivity index (χ4v) is 1.68. The number of alkyl halides is 1. The molecule has 0 aliphatic rings. The van der Waals surface area contributed by atoms with Crippen molar-refractivity contribution in [2.45, 2.75) is 18.2 Å². The molecule has 2 N–H and O–H groups in total. The molecule has 4 nitrogen and oxygen atoms in total. The molecule has 0 bridgehead atoms. The summed E-state index contributed by atoms with van der Waals surface area (Å²) < 4.78 is 0. The van der Waals surface area contributed by atoms with Crippen molar-refractivity contribution in [1.29, 1.82) is 0 Å². The largest absolute Gasteiger partial charge is 0.481 e. The van der Waals surface area contributed by atoms with E-state index in [1.54, 1.807) is 0 Å². The molecule has 0 unspecified atom stereocenters. The molecule has 1 amide bonds. The van der Waals surface area contributed by atoms with Gasteiger partial charge in [-0.1, -0.05) is 40.2 Å². The van der Waals surface area contributed by atoms with Crippen LogP contribution in [0.3, 0.4) is 0 Å². The molecule has 0 saturated heterocycles. The maximum Gasteiger partial charge on any atom is 0.305 e. The Hall–Kier alpha value is -1.36. The van der Waals surface area contributed by atoms with Crippen LogP contribution in [0.1, 0.15) is 17.5 Å². The van der Waals surface area contributed by atoms with Crippen molar-refractivity contribution in [2.75, 3.05) is 6.54 Å². The van der Waals surface area contributed by atoms with Gasteiger partial charge in [0.05, 0.1) is 12.8 Å². The number of carboxylic acids is 1. The van der Waals surface area contributed by atoms with Crippen LogP contribution in [-0.4, -0.2) is 23.5 Å². The second-order valence-corrected chi connectivity index (χ2v) is 4.18. The van der Waals surface area contributed by atoms with Gasteiger partial charge in [0.1, 0.15) is 0 Å². The smallest absolute Gasteiger partial charge is 0.305 e. The summed E-state index contributed by atoms with van der Waals surface area (Å²) in [5.41, 5.74) is 2.07. The van der Waals surface area contributed by atoms with Crippen molar-refractivity contribution in [1.82, 2.24) is 5.32 Å². The third-order valence-corrected chi connectivity index (χ3v) is 2.85. The number of hydrogen-bond donors (Lipinski definition) is 2. The minimum absolute atomic E-state index is 0.0474. The van der Waals surface area contributed by atoms with E-state index in [2.05, 4.69) is 21.2 Å². The van der Waals surface area contributed by atoms with Gasteiger partial charge < -0.3 is 10.4 Å². The van der Waals surface area contributed by atoms with Gasteiger partial charge in [-0.2, -0.15) is 0 Å². The van der Waals surface area contributed by atoms with E-state index in [9.17, 15) is 9.59 Å². The van der Waals surface area contributed by atoms with E-state index in [1.165, 1.54) is 0 Å². The van der Waals surface area contributed by atoms with Gasteiger partial charge in [-0.05, 0) is 11.1 Å². The SMILES string of the molecule is O=C(O)CCNC(=O)Cc1ccc(CBr)cc1. The van der Waals surface area contributed by atoms with Crippen LogP contribution >= 0.6 is 15.9 Å². The van der Waals surface area contributed by atoms with Gasteiger partial charge in [0.2, 0.25) is 5.91 Å². The summed E-state index contributed by atoms with van der Waals surface area (Å²) in [5, 5.41) is 11.8. The fraction of sp³-hybridized carbons (Fsp3) is 0.333. The van der Waals surface area contributed by atoms with Crippen molar-refractivity contribution in [2.24, 2.45) is 0 Å². The third-order valence-electron chi connectivity index (χ3n) is 2.20. The monoisotopic (exact) mass is 299 g/mol. The Morgan fingerprint density at radius 2 is 1.76 bits per heavy atom. The lowest BCUT2D eigenvalue weighted by atomic mass is 10.1. The molecule has 0 aliphatic carbocycles. The number of benzene rings is 1. The number of carboxylic acid groups (broad SMARTS) is 1. The highest BCUT2D eigenvalue weighted by Gasteiger charge is 2.04. The van der Waals surface area contributed by atoms with Crippen LogP contribution in [0.5, 0.6) is 0 Å². The summed E-state index contributed by atoms with van der Waals surface area (Å²) >= 11 is 3.35. The maximum atomic E-state index is 11.4. The molecule has 0 aliphatic heterocycles. The van der Waals surface area contributed by atoms with E-state index in [4.69, 9.17) is 5.11 Å². The van der Waals surface area contributed by atoms with Crippen molar-refractivity contribution >= 4 is 27.8 Å². The Morgan fingerprint density at radius 1 is 1.18 bits per heavy atom. The molecular weight excluding hydrogens is 286 g/mol. The molecule has 0 heterocycles. The highest BCUT2D eigenvalue weighted by molar-refractivity contribution is 9.08. The molecule has 1 aromatic rings. The number of amides is 1. The van der Waals surface area contributed by atoms with E-state index in [0.29, 0.717) is 0 Å². The molecule has 0 saturated carbocycles. The van der Waals surface area contributed by atoms with Gasteiger partial charge in [-0.3, -0.25) is 9.59 Å². The molecule has 0 fully saturated rings. The Balaban J connectivity index is 2.37. The first-order valence-corrected chi connectivity index (χ1v) is 6.36. The van der Waals surface area contributed by atoms with Gasteiger partial charge in [-0.15, -0.1) is 0 Å². The molecule has 17 heavy (non-hydrogen) atoms. The van der Waals surface area contributed by atoms with Crippen LogP contribution < -0.4 is 5.32 Å². The minimum atomic E-state index is -0.910. The first-order valence-electron chi connectivity index (χ1n) is 5.24. The van der Waals surface area contributed by atoms with E-state index >= 15 is 0 Å². The van der Waals surface area contributed by atoms with Gasteiger partial charge in [0.25, 0.3) is 0 Å². The first-order chi connectivity index (χ1) is 8.11. The van der Waals surface area contributed by atoms with E-state index < -0.39 is 5.97 Å². The lowest BCUT2D eigenvalue weighted by Gasteiger charge is -2.04. The average Bonchev–Trinajstić information content (AvgIpc) is 2.29. The quantitative estimate of drug-likeness (QED) is 0.786. The predicted molar refractivity (Wildman–Crippen MR) is 68.0 cm³/mol. The Bertz CT molecular complexity index is 389. The zero-order chi connectivity index (χ0) is 12.7. The third kappa shape index (κ3) is 5.49. The summed E-state index contributed by atoms with van der Waals surface area (Å²) in [7, 11) is 0. The number of carbonyl (C=O) groups excluding carboxylic acids is 1. The van der Waals surface area contributed by atoms with Crippen LogP contribution in [0, 0.1) is 0 Å². The Labute approximate surface area is 108 Å². The lowest BCUT2D eigenvalue weighted by molar-refractivity contribution is -0.136. The summed E-state index contributed by atoms with van der Waals surface area (Å²) in [6, 6.07) is 7.70. The molecule has 1 rings (SSSR count). The summed E-state index contributed by atoms with van der Waals surface area (Å²) in [6.07, 6.45) is 0.233. The van der Waals surface area contributed by atoms with Gasteiger partial charge in [0.15, 0.2) is 0 Å². The number of halogens is 1. The molecule has 0 atom stereocenters. The molecule has 1 aromatic carbocycles. The van der Waals surface area contributed by atoms with Crippen molar-refractivity contribution in [3.63, 3.8) is 0 Å².